The van der Waals surface area contributed by atoms with Gasteiger partial charge >= 0.3 is 0 Å². The van der Waals surface area contributed by atoms with Crippen molar-refractivity contribution in [2.24, 2.45) is 5.92 Å². The maximum atomic E-state index is 14.3. The van der Waals surface area contributed by atoms with Crippen LogP contribution in [0, 0.1) is 43.0 Å². The van der Waals surface area contributed by atoms with Crippen LogP contribution in [0.1, 0.15) is 36.2 Å². The van der Waals surface area contributed by atoms with Crippen LogP contribution in [-0.2, 0) is 6.54 Å². The highest BCUT2D eigenvalue weighted by atomic mass is 32.1. The van der Waals surface area contributed by atoms with Crippen LogP contribution in [0.15, 0.2) is 48.7 Å². The van der Waals surface area contributed by atoms with E-state index in [-0.39, 0.29) is 42.4 Å². The van der Waals surface area contributed by atoms with Gasteiger partial charge in [-0.3, -0.25) is 4.98 Å². The van der Waals surface area contributed by atoms with Crippen LogP contribution >= 0.6 is 11.3 Å². The fourth-order valence-electron chi connectivity index (χ4n) is 5.34. The first-order chi connectivity index (χ1) is 20.8. The molecule has 2 N–H and O–H groups in total. The number of aryl methyl sites for hydroxylation is 2. The third-order valence-corrected chi connectivity index (χ3v) is 8.58. The minimum absolute atomic E-state index is 0.0123. The Bertz CT molecular complexity index is 1760. The number of rotatable bonds is 9. The first kappa shape index (κ1) is 28.8. The maximum Gasteiger partial charge on any atom is 0.225 e. The van der Waals surface area contributed by atoms with Crippen molar-refractivity contribution in [3.8, 4) is 16.3 Å². The predicted molar refractivity (Wildman–Crippen MR) is 158 cm³/mol. The van der Waals surface area contributed by atoms with Gasteiger partial charge in [-0.25, -0.2) is 27.5 Å². The Morgan fingerprint density at radius 1 is 0.884 bits per heavy atom. The van der Waals surface area contributed by atoms with E-state index in [1.807, 2.05) is 19.9 Å². The molecule has 0 aliphatic heterocycles. The molecule has 1 fully saturated rings. The second kappa shape index (κ2) is 12.1. The topological polar surface area (TPSA) is 84.9 Å². The molecule has 2 atom stereocenters. The van der Waals surface area contributed by atoms with Gasteiger partial charge in [-0.1, -0.05) is 12.1 Å². The zero-order valence-electron chi connectivity index (χ0n) is 23.4. The van der Waals surface area contributed by atoms with E-state index in [4.69, 9.17) is 14.7 Å². The Morgan fingerprint density at radius 3 is 2.33 bits per heavy atom. The molecule has 0 unspecified atom stereocenters. The van der Waals surface area contributed by atoms with Crippen LogP contribution in [0.25, 0.3) is 20.8 Å². The number of thiazole rings is 1. The maximum absolute atomic E-state index is 14.3. The molecule has 7 nitrogen and oxygen atoms in total. The van der Waals surface area contributed by atoms with Crippen LogP contribution in [0.5, 0.6) is 5.75 Å². The quantitative estimate of drug-likeness (QED) is 0.167. The molecule has 6 rings (SSSR count). The smallest absolute Gasteiger partial charge is 0.225 e. The number of pyridine rings is 1. The summed E-state index contributed by atoms with van der Waals surface area (Å²) in [5.74, 6) is -2.34. The molecular weight excluding hydrogens is 580 g/mol. The van der Waals surface area contributed by atoms with Gasteiger partial charge in [0.15, 0.2) is 17.4 Å². The van der Waals surface area contributed by atoms with Crippen molar-refractivity contribution >= 4 is 33.3 Å². The van der Waals surface area contributed by atoms with Crippen LogP contribution in [0.4, 0.5) is 29.3 Å². The van der Waals surface area contributed by atoms with Crippen molar-refractivity contribution in [3.63, 3.8) is 0 Å². The van der Waals surface area contributed by atoms with Crippen LogP contribution in [0.2, 0.25) is 0 Å². The van der Waals surface area contributed by atoms with Crippen molar-refractivity contribution in [1.29, 1.82) is 0 Å². The lowest BCUT2D eigenvalue weighted by molar-refractivity contribution is 0.231. The number of anilines is 2. The van der Waals surface area contributed by atoms with E-state index in [9.17, 15) is 17.6 Å². The number of hydrogen-bond acceptors (Lipinski definition) is 8. The molecule has 0 spiro atoms. The molecule has 2 aromatic carbocycles. The summed E-state index contributed by atoms with van der Waals surface area (Å²) in [5, 5.41) is 7.20. The van der Waals surface area contributed by atoms with E-state index in [1.54, 1.807) is 6.20 Å². The molecule has 3 aromatic heterocycles. The van der Waals surface area contributed by atoms with Gasteiger partial charge in [-0.05, 0) is 69.4 Å². The molecular formula is C31H28F4N6OS. The highest BCUT2D eigenvalue weighted by Crippen LogP contribution is 2.38. The monoisotopic (exact) mass is 608 g/mol. The fourth-order valence-corrected chi connectivity index (χ4v) is 6.45. The van der Waals surface area contributed by atoms with E-state index < -0.39 is 23.3 Å². The number of nitrogens with one attached hydrogen (secondary N) is 2. The van der Waals surface area contributed by atoms with Crippen molar-refractivity contribution in [3.05, 3.63) is 88.9 Å². The molecule has 1 aliphatic carbocycles. The lowest BCUT2D eigenvalue weighted by Crippen LogP contribution is -2.20. The van der Waals surface area contributed by atoms with Crippen LogP contribution in [0.3, 0.4) is 0 Å². The summed E-state index contributed by atoms with van der Waals surface area (Å²) in [6.45, 7) is 3.77. The Labute approximate surface area is 249 Å². The molecule has 12 heteroatoms. The highest BCUT2D eigenvalue weighted by Gasteiger charge is 2.28. The zero-order chi connectivity index (χ0) is 30.1. The van der Waals surface area contributed by atoms with Gasteiger partial charge in [-0.15, -0.1) is 11.3 Å². The average molecular weight is 609 g/mol. The summed E-state index contributed by atoms with van der Waals surface area (Å²) in [6, 6.07) is 9.25. The first-order valence-corrected chi connectivity index (χ1v) is 14.7. The second-order valence-corrected chi connectivity index (χ2v) is 11.6. The summed E-state index contributed by atoms with van der Waals surface area (Å²) < 4.78 is 63.1. The summed E-state index contributed by atoms with van der Waals surface area (Å²) in [7, 11) is 0. The largest absolute Gasteiger partial charge is 0.487 e. The van der Waals surface area contributed by atoms with Gasteiger partial charge in [0.1, 0.15) is 28.0 Å². The Balaban J connectivity index is 1.26. The molecule has 1 aliphatic rings. The van der Waals surface area contributed by atoms with E-state index in [0.29, 0.717) is 22.9 Å². The molecule has 1 saturated carbocycles. The Hall–Kier alpha value is -4.32. The number of hydrogen-bond donors (Lipinski definition) is 2. The van der Waals surface area contributed by atoms with E-state index in [0.717, 1.165) is 34.3 Å². The van der Waals surface area contributed by atoms with Crippen LogP contribution in [-0.4, -0.2) is 32.6 Å². The van der Waals surface area contributed by atoms with Gasteiger partial charge in [0.2, 0.25) is 5.95 Å². The van der Waals surface area contributed by atoms with Gasteiger partial charge in [0, 0.05) is 24.3 Å². The normalized spacial score (nSPS) is 16.5. The van der Waals surface area contributed by atoms with Crippen molar-refractivity contribution < 1.29 is 22.3 Å². The number of para-hydroxylation sites is 1. The highest BCUT2D eigenvalue weighted by molar-refractivity contribution is 7.21. The molecule has 0 radical (unpaired) electrons. The minimum atomic E-state index is -0.731. The number of ether oxygens (including phenoxy) is 1. The Morgan fingerprint density at radius 2 is 1.60 bits per heavy atom. The SMILES string of the molecule is Cc1nc(NCc2c(F)cccc2F)nc(N[C@@H]2CC[C@H](COc3c(F)cccc3F)C2)c1-c1nc2c(C)nccc2s1. The molecule has 43 heavy (non-hydrogen) atoms. The number of fused-ring (bicyclic) bond motifs is 1. The molecule has 0 amide bonds. The summed E-state index contributed by atoms with van der Waals surface area (Å²) in [5.41, 5.74) is 2.84. The standard InChI is InChI=1S/C31H28F4N6OS/c1-16-26(30-40-27-17(2)36-12-11-25(27)43-30)29(41-31(38-16)37-14-20-21(32)5-3-6-22(20)33)39-19-10-9-18(13-19)15-42-28-23(34)7-4-8-24(28)35/h3-8,11-12,18-19H,9-10,13-15H2,1-2H3,(H2,37,38,39,41)/t18-,19+/m0/s1. The van der Waals surface area contributed by atoms with E-state index in [2.05, 4.69) is 20.6 Å². The molecule has 5 aromatic rings. The average Bonchev–Trinajstić information content (AvgIpc) is 3.60. The van der Waals surface area contributed by atoms with Crippen molar-refractivity contribution in [1.82, 2.24) is 19.9 Å². The predicted octanol–water partition coefficient (Wildman–Crippen LogP) is 7.59. The summed E-state index contributed by atoms with van der Waals surface area (Å²) in [6.07, 6.45) is 3.99. The number of benzene rings is 2. The summed E-state index contributed by atoms with van der Waals surface area (Å²) >= 11 is 1.50. The number of aromatic nitrogens is 4. The Kier molecular flexibility index (Phi) is 8.11. The van der Waals surface area contributed by atoms with Gasteiger partial charge in [-0.2, -0.15) is 4.98 Å². The van der Waals surface area contributed by atoms with E-state index in [1.165, 1.54) is 47.7 Å². The number of nitrogens with zero attached hydrogens (tertiary/aromatic N) is 4. The van der Waals surface area contributed by atoms with Crippen molar-refractivity contribution in [2.75, 3.05) is 17.2 Å². The summed E-state index contributed by atoms with van der Waals surface area (Å²) in [4.78, 5) is 18.5. The second-order valence-electron chi connectivity index (χ2n) is 10.6. The lowest BCUT2D eigenvalue weighted by Gasteiger charge is -2.19. The zero-order valence-corrected chi connectivity index (χ0v) is 24.2. The van der Waals surface area contributed by atoms with Crippen LogP contribution < -0.4 is 15.4 Å². The van der Waals surface area contributed by atoms with Gasteiger partial charge in [0.25, 0.3) is 0 Å². The third kappa shape index (κ3) is 6.10. The third-order valence-electron chi connectivity index (χ3n) is 7.54. The lowest BCUT2D eigenvalue weighted by atomic mass is 10.1. The molecule has 222 valence electrons. The molecule has 3 heterocycles. The molecule has 0 saturated heterocycles. The van der Waals surface area contributed by atoms with Gasteiger partial charge < -0.3 is 15.4 Å². The first-order valence-electron chi connectivity index (χ1n) is 13.9. The van der Waals surface area contributed by atoms with E-state index >= 15 is 0 Å². The number of halogens is 4. The minimum Gasteiger partial charge on any atom is -0.487 e. The van der Waals surface area contributed by atoms with Gasteiger partial charge in [0.05, 0.1) is 28.3 Å². The molecule has 0 bridgehead atoms. The van der Waals surface area contributed by atoms with Crippen molar-refractivity contribution in [2.45, 2.75) is 45.7 Å². The fraction of sp³-hybridized carbons (Fsp3) is 0.290.